The molecule has 2 bridgehead atoms. The van der Waals surface area contributed by atoms with E-state index in [2.05, 4.69) is 4.98 Å². The predicted octanol–water partition coefficient (Wildman–Crippen LogP) is 0.967. The van der Waals surface area contributed by atoms with E-state index in [9.17, 15) is 38.6 Å². The summed E-state index contributed by atoms with van der Waals surface area (Å²) in [6.45, 7) is 0.923. The summed E-state index contributed by atoms with van der Waals surface area (Å²) in [5, 5.41) is 10.1. The van der Waals surface area contributed by atoms with Gasteiger partial charge in [0.25, 0.3) is 0 Å². The molecule has 1 atom stereocenters. The van der Waals surface area contributed by atoms with Crippen LogP contribution in [0.3, 0.4) is 0 Å². The highest BCUT2D eigenvalue weighted by molar-refractivity contribution is 7.51. The molecular formula is C22H32N4O8P2. The summed E-state index contributed by atoms with van der Waals surface area (Å²) in [5.74, 6) is -1.05. The van der Waals surface area contributed by atoms with E-state index in [1.807, 2.05) is 30.3 Å². The van der Waals surface area contributed by atoms with Gasteiger partial charge in [0, 0.05) is 39.3 Å². The van der Waals surface area contributed by atoms with Crippen LogP contribution in [0.15, 0.2) is 48.5 Å². The maximum atomic E-state index is 12.3. The molecule has 0 spiro atoms. The molecule has 1 aliphatic rings. The second kappa shape index (κ2) is 12.5. The van der Waals surface area contributed by atoms with Gasteiger partial charge in [-0.1, -0.05) is 36.4 Å². The first kappa shape index (κ1) is 28.6. The van der Waals surface area contributed by atoms with Gasteiger partial charge >= 0.3 is 21.2 Å². The number of carboxylic acid groups (broad SMARTS) is 1. The van der Waals surface area contributed by atoms with Gasteiger partial charge in [0.2, 0.25) is 0 Å². The van der Waals surface area contributed by atoms with E-state index in [4.69, 9.17) is 0 Å². The van der Waals surface area contributed by atoms with Gasteiger partial charge in [-0.15, -0.1) is 0 Å². The number of carboxylic acids is 1. The maximum absolute atomic E-state index is 12.3. The van der Waals surface area contributed by atoms with Gasteiger partial charge in [-0.05, 0) is 24.1 Å². The first-order valence-electron chi connectivity index (χ1n) is 11.4. The molecule has 14 heteroatoms. The zero-order valence-corrected chi connectivity index (χ0v) is 21.5. The minimum atomic E-state index is -4.39. The Labute approximate surface area is 209 Å². The van der Waals surface area contributed by atoms with Crippen LogP contribution in [0.5, 0.6) is 0 Å². The van der Waals surface area contributed by atoms with Crippen LogP contribution < -0.4 is 0 Å². The molecule has 2 heterocycles. The topological polar surface area (TPSA) is 175 Å². The highest BCUT2D eigenvalue weighted by atomic mass is 31.2. The van der Waals surface area contributed by atoms with E-state index in [1.165, 1.54) is 0 Å². The minimum absolute atomic E-state index is 0.127. The van der Waals surface area contributed by atoms with Crippen molar-refractivity contribution in [1.29, 1.82) is 0 Å². The zero-order valence-electron chi connectivity index (χ0n) is 19.7. The van der Waals surface area contributed by atoms with E-state index in [0.717, 1.165) is 5.56 Å². The lowest BCUT2D eigenvalue weighted by atomic mass is 10.0. The van der Waals surface area contributed by atoms with Crippen molar-refractivity contribution < 1.29 is 38.6 Å². The Bertz CT molecular complexity index is 1060. The van der Waals surface area contributed by atoms with E-state index < -0.39 is 39.8 Å². The molecule has 1 aliphatic heterocycles. The van der Waals surface area contributed by atoms with Gasteiger partial charge in [0.15, 0.2) is 0 Å². The molecule has 0 amide bonds. The fourth-order valence-corrected chi connectivity index (χ4v) is 5.78. The zero-order chi connectivity index (χ0) is 26.3. The van der Waals surface area contributed by atoms with Crippen molar-refractivity contribution in [3.63, 3.8) is 0 Å². The van der Waals surface area contributed by atoms with Crippen LogP contribution in [0.2, 0.25) is 0 Å². The number of aliphatic carboxylic acids is 1. The van der Waals surface area contributed by atoms with Crippen molar-refractivity contribution in [2.45, 2.75) is 25.6 Å². The lowest BCUT2D eigenvalue weighted by Crippen LogP contribution is -2.49. The fourth-order valence-electron chi connectivity index (χ4n) is 4.26. The third kappa shape index (κ3) is 9.82. The number of aromatic nitrogens is 1. The number of benzene rings is 1. The number of fused-ring (bicyclic) bond motifs is 2. The molecule has 36 heavy (non-hydrogen) atoms. The van der Waals surface area contributed by atoms with Gasteiger partial charge in [0.1, 0.15) is 18.6 Å². The van der Waals surface area contributed by atoms with Gasteiger partial charge in [0.05, 0.1) is 11.4 Å². The Morgan fingerprint density at radius 3 is 1.75 bits per heavy atom. The Balaban J connectivity index is 1.93. The maximum Gasteiger partial charge on any atom is 0.339 e. The molecule has 0 saturated heterocycles. The molecule has 0 saturated carbocycles. The largest absolute Gasteiger partial charge is 0.480 e. The Morgan fingerprint density at radius 1 is 0.806 bits per heavy atom. The van der Waals surface area contributed by atoms with Gasteiger partial charge < -0.3 is 24.7 Å². The number of carbonyl (C=O) groups is 1. The van der Waals surface area contributed by atoms with E-state index in [0.29, 0.717) is 11.4 Å². The van der Waals surface area contributed by atoms with Crippen LogP contribution in [0, 0.1) is 0 Å². The van der Waals surface area contributed by atoms with Crippen molar-refractivity contribution in [2.24, 2.45) is 0 Å². The first-order chi connectivity index (χ1) is 16.9. The average Bonchev–Trinajstić information content (AvgIpc) is 2.76. The average molecular weight is 542 g/mol. The second-order valence-corrected chi connectivity index (χ2v) is 12.1. The normalized spacial score (nSPS) is 18.2. The summed E-state index contributed by atoms with van der Waals surface area (Å²) in [6, 6.07) is 13.3. The van der Waals surface area contributed by atoms with Crippen molar-refractivity contribution in [1.82, 2.24) is 19.7 Å². The molecule has 3 rings (SSSR count). The summed E-state index contributed by atoms with van der Waals surface area (Å²) in [4.78, 5) is 60.0. The number of hydrogen-bond acceptors (Lipinski definition) is 7. The van der Waals surface area contributed by atoms with Crippen molar-refractivity contribution in [3.8, 4) is 0 Å². The summed E-state index contributed by atoms with van der Waals surface area (Å²) in [7, 11) is -8.79. The number of pyridine rings is 1. The predicted molar refractivity (Wildman–Crippen MR) is 132 cm³/mol. The van der Waals surface area contributed by atoms with E-state index >= 15 is 0 Å². The molecule has 0 fully saturated rings. The standard InChI is InChI=1S/C22H32N4O8P2/c27-22(28)21(13-18-5-2-1-3-6-18)26-11-9-24(16-35(29,30)31)14-19-7-4-8-20(23-19)15-25(10-12-26)17-36(32,33)34/h1-8,21H,9-17H2,(H,27,28)(H2,29,30,31)(H2,32,33,34). The Kier molecular flexibility index (Phi) is 9.94. The molecule has 2 aromatic rings. The highest BCUT2D eigenvalue weighted by Crippen LogP contribution is 2.36. The molecule has 1 aromatic carbocycles. The first-order valence-corrected chi connectivity index (χ1v) is 15.0. The van der Waals surface area contributed by atoms with Crippen LogP contribution in [0.4, 0.5) is 0 Å². The molecule has 1 aromatic heterocycles. The molecule has 0 radical (unpaired) electrons. The second-order valence-electron chi connectivity index (χ2n) is 8.92. The van der Waals surface area contributed by atoms with Gasteiger partial charge in [-0.3, -0.25) is 33.6 Å². The molecule has 1 unspecified atom stereocenters. The fraction of sp³-hybridized carbons (Fsp3) is 0.455. The molecule has 5 N–H and O–H groups in total. The molecule has 0 aliphatic carbocycles. The number of hydrogen-bond donors (Lipinski definition) is 5. The molecular weight excluding hydrogens is 510 g/mol. The monoisotopic (exact) mass is 542 g/mol. The van der Waals surface area contributed by atoms with Gasteiger partial charge in [-0.25, -0.2) is 0 Å². The lowest BCUT2D eigenvalue weighted by molar-refractivity contribution is -0.143. The highest BCUT2D eigenvalue weighted by Gasteiger charge is 2.29. The summed E-state index contributed by atoms with van der Waals surface area (Å²) >= 11 is 0. The van der Waals surface area contributed by atoms with Crippen molar-refractivity contribution in [3.05, 3.63) is 65.5 Å². The van der Waals surface area contributed by atoms with Crippen molar-refractivity contribution >= 4 is 21.2 Å². The van der Waals surface area contributed by atoms with Crippen LogP contribution in [-0.4, -0.2) is 95.1 Å². The summed E-state index contributed by atoms with van der Waals surface area (Å²) < 4.78 is 23.6. The number of rotatable bonds is 8. The van der Waals surface area contributed by atoms with E-state index in [-0.39, 0.29) is 45.7 Å². The quantitative estimate of drug-likeness (QED) is 0.299. The Morgan fingerprint density at radius 2 is 1.31 bits per heavy atom. The lowest BCUT2D eigenvalue weighted by Gasteiger charge is -2.34. The van der Waals surface area contributed by atoms with E-state index in [1.54, 1.807) is 32.9 Å². The van der Waals surface area contributed by atoms with Gasteiger partial charge in [-0.2, -0.15) is 0 Å². The summed E-state index contributed by atoms with van der Waals surface area (Å²) in [6.07, 6.45) is -0.811. The SMILES string of the molecule is O=C(O)C(Cc1ccccc1)N1CCN(CP(=O)(O)O)Cc2cccc(n2)CN(CP(=O)(O)O)CC1. The van der Waals surface area contributed by atoms with Crippen LogP contribution >= 0.6 is 15.2 Å². The minimum Gasteiger partial charge on any atom is -0.480 e. The third-order valence-corrected chi connectivity index (χ3v) is 7.35. The van der Waals surface area contributed by atoms with Crippen LogP contribution in [-0.2, 0) is 33.4 Å². The third-order valence-electron chi connectivity index (χ3n) is 5.81. The van der Waals surface area contributed by atoms with Crippen LogP contribution in [0.1, 0.15) is 17.0 Å². The summed E-state index contributed by atoms with van der Waals surface area (Å²) in [5.41, 5.74) is 1.90. The smallest absolute Gasteiger partial charge is 0.339 e. The van der Waals surface area contributed by atoms with Crippen molar-refractivity contribution in [2.75, 3.05) is 38.8 Å². The number of nitrogens with zero attached hydrogens (tertiary/aromatic N) is 4. The van der Waals surface area contributed by atoms with Crippen LogP contribution in [0.25, 0.3) is 0 Å². The molecule has 12 nitrogen and oxygen atoms in total. The molecule has 198 valence electrons. The Hall–Kier alpha value is -1.98.